The molecule has 200 valence electrons. The number of hydrogen-bond donors (Lipinski definition) is 1. The number of nitrogens with two attached hydrogens (primary N) is 1. The molecule has 0 spiro atoms. The molecular formula is C28H32ClF3N2O3. The van der Waals surface area contributed by atoms with Gasteiger partial charge in [0.1, 0.15) is 18.0 Å². The van der Waals surface area contributed by atoms with E-state index < -0.39 is 28.8 Å². The smallest absolute Gasteiger partial charge is 0.417 e. The van der Waals surface area contributed by atoms with Crippen molar-refractivity contribution < 1.29 is 27.4 Å². The van der Waals surface area contributed by atoms with Gasteiger partial charge in [-0.15, -0.1) is 0 Å². The molecule has 0 aliphatic heterocycles. The van der Waals surface area contributed by atoms with Gasteiger partial charge in [0, 0.05) is 22.2 Å². The van der Waals surface area contributed by atoms with E-state index in [-0.39, 0.29) is 29.4 Å². The zero-order valence-electron chi connectivity index (χ0n) is 21.8. The number of halogens is 4. The SMILES string of the molecule is CC(C)C[C@@](C)(COc1ccc(-c2ccnc3cc(Cl)ccc23)c(C(F)(F)F)c1C(C)(C)C)OC(N)=O. The molecule has 1 atom stereocenters. The predicted octanol–water partition coefficient (Wildman–Crippen LogP) is 8.15. The summed E-state index contributed by atoms with van der Waals surface area (Å²) >= 11 is 6.09. The Bertz CT molecular complexity index is 1300. The number of ether oxygens (including phenoxy) is 2. The monoisotopic (exact) mass is 536 g/mol. The van der Waals surface area contributed by atoms with Crippen LogP contribution in [0.4, 0.5) is 18.0 Å². The van der Waals surface area contributed by atoms with Gasteiger partial charge >= 0.3 is 12.3 Å². The van der Waals surface area contributed by atoms with Crippen molar-refractivity contribution in [2.75, 3.05) is 6.61 Å². The molecule has 0 bridgehead atoms. The summed E-state index contributed by atoms with van der Waals surface area (Å²) in [7, 11) is 0. The molecule has 3 rings (SSSR count). The van der Waals surface area contributed by atoms with Crippen molar-refractivity contribution in [3.05, 3.63) is 58.7 Å². The van der Waals surface area contributed by atoms with Crippen molar-refractivity contribution in [3.63, 3.8) is 0 Å². The summed E-state index contributed by atoms with van der Waals surface area (Å²) in [4.78, 5) is 15.8. The quantitative estimate of drug-likeness (QED) is 0.330. The van der Waals surface area contributed by atoms with E-state index in [9.17, 15) is 18.0 Å². The standard InChI is InChI=1S/C28H32ClF3N2O3/c1-16(2)14-27(6,37-25(33)35)15-36-22-10-9-20(23(28(30,31)32)24(22)26(3,4)5)18-11-12-34-21-13-17(29)7-8-19(18)21/h7-13,16H,14-15H2,1-6H3,(H2,33,35)/t27-/m0/s1. The lowest BCUT2D eigenvalue weighted by Gasteiger charge is -2.33. The van der Waals surface area contributed by atoms with Crippen LogP contribution in [0.1, 0.15) is 59.1 Å². The van der Waals surface area contributed by atoms with Gasteiger partial charge in [0.2, 0.25) is 0 Å². The molecule has 0 fully saturated rings. The molecule has 0 unspecified atom stereocenters. The van der Waals surface area contributed by atoms with Gasteiger partial charge in [0.05, 0.1) is 11.1 Å². The predicted molar refractivity (Wildman–Crippen MR) is 140 cm³/mol. The second-order valence-electron chi connectivity index (χ2n) is 10.9. The van der Waals surface area contributed by atoms with Crippen LogP contribution in [0.2, 0.25) is 5.02 Å². The average Bonchev–Trinajstić information content (AvgIpc) is 2.74. The number of amides is 1. The highest BCUT2D eigenvalue weighted by Crippen LogP contribution is 2.48. The van der Waals surface area contributed by atoms with Crippen LogP contribution in [0.3, 0.4) is 0 Å². The summed E-state index contributed by atoms with van der Waals surface area (Å²) in [5, 5.41) is 0.986. The first-order valence-corrected chi connectivity index (χ1v) is 12.3. The zero-order valence-corrected chi connectivity index (χ0v) is 22.6. The van der Waals surface area contributed by atoms with Crippen LogP contribution in [0, 0.1) is 5.92 Å². The van der Waals surface area contributed by atoms with Gasteiger partial charge in [-0.3, -0.25) is 4.98 Å². The fraction of sp³-hybridized carbons (Fsp3) is 0.429. The van der Waals surface area contributed by atoms with Crippen LogP contribution in [0.25, 0.3) is 22.0 Å². The van der Waals surface area contributed by atoms with Crippen LogP contribution < -0.4 is 10.5 Å². The third-order valence-corrected chi connectivity index (χ3v) is 6.15. The van der Waals surface area contributed by atoms with Gasteiger partial charge in [-0.2, -0.15) is 13.2 Å². The normalized spacial score (nSPS) is 14.0. The first kappa shape index (κ1) is 28.6. The number of fused-ring (bicyclic) bond motifs is 1. The number of primary amides is 1. The molecule has 0 aliphatic carbocycles. The Morgan fingerprint density at radius 1 is 1.03 bits per heavy atom. The molecule has 5 nitrogen and oxygen atoms in total. The number of carbonyl (C=O) groups excluding carboxylic acids is 1. The van der Waals surface area contributed by atoms with Crippen molar-refractivity contribution in [2.45, 2.75) is 65.2 Å². The summed E-state index contributed by atoms with van der Waals surface area (Å²) in [5.74, 6) is 0.185. The topological polar surface area (TPSA) is 74.4 Å². The third-order valence-electron chi connectivity index (χ3n) is 5.92. The van der Waals surface area contributed by atoms with Crippen molar-refractivity contribution >= 4 is 28.6 Å². The lowest BCUT2D eigenvalue weighted by Crippen LogP contribution is -2.41. The Hall–Kier alpha value is -3.00. The molecule has 1 aromatic heterocycles. The van der Waals surface area contributed by atoms with Crippen LogP contribution >= 0.6 is 11.6 Å². The lowest BCUT2D eigenvalue weighted by molar-refractivity contribution is -0.138. The second kappa shape index (κ2) is 10.4. The number of pyridine rings is 1. The Labute approximate surface area is 220 Å². The van der Waals surface area contributed by atoms with Crippen LogP contribution in [0.15, 0.2) is 42.6 Å². The van der Waals surface area contributed by atoms with Crippen LogP contribution in [-0.4, -0.2) is 23.3 Å². The van der Waals surface area contributed by atoms with Crippen LogP contribution in [0.5, 0.6) is 5.75 Å². The molecule has 0 saturated heterocycles. The van der Waals surface area contributed by atoms with Crippen molar-refractivity contribution in [3.8, 4) is 16.9 Å². The van der Waals surface area contributed by atoms with E-state index in [4.69, 9.17) is 26.8 Å². The minimum Gasteiger partial charge on any atom is -0.489 e. The van der Waals surface area contributed by atoms with Crippen molar-refractivity contribution in [1.29, 1.82) is 0 Å². The van der Waals surface area contributed by atoms with Gasteiger partial charge in [0.15, 0.2) is 0 Å². The molecule has 1 amide bonds. The maximum absolute atomic E-state index is 14.8. The maximum Gasteiger partial charge on any atom is 0.417 e. The van der Waals surface area contributed by atoms with E-state index in [1.54, 1.807) is 52.0 Å². The molecule has 1 heterocycles. The van der Waals surface area contributed by atoms with E-state index in [1.807, 2.05) is 13.8 Å². The fourth-order valence-corrected chi connectivity index (χ4v) is 4.96. The van der Waals surface area contributed by atoms with E-state index >= 15 is 0 Å². The van der Waals surface area contributed by atoms with Gasteiger partial charge < -0.3 is 15.2 Å². The second-order valence-corrected chi connectivity index (χ2v) is 11.3. The first-order valence-electron chi connectivity index (χ1n) is 11.9. The van der Waals surface area contributed by atoms with Gasteiger partial charge in [-0.05, 0) is 60.1 Å². The van der Waals surface area contributed by atoms with Gasteiger partial charge in [-0.1, -0.05) is 58.4 Å². The zero-order chi connectivity index (χ0) is 27.8. The van der Waals surface area contributed by atoms with Gasteiger partial charge in [0.25, 0.3) is 0 Å². The summed E-state index contributed by atoms with van der Waals surface area (Å²) in [6.45, 7) is 10.5. The van der Waals surface area contributed by atoms with E-state index in [0.29, 0.717) is 27.9 Å². The molecule has 0 saturated carbocycles. The molecule has 0 radical (unpaired) electrons. The first-order chi connectivity index (χ1) is 17.0. The molecule has 3 aromatic rings. The summed E-state index contributed by atoms with van der Waals surface area (Å²) < 4.78 is 55.7. The van der Waals surface area contributed by atoms with Crippen molar-refractivity contribution in [2.24, 2.45) is 11.7 Å². The largest absolute Gasteiger partial charge is 0.489 e. The molecule has 0 aliphatic rings. The number of carbonyl (C=O) groups is 1. The Morgan fingerprint density at radius 2 is 1.70 bits per heavy atom. The maximum atomic E-state index is 14.8. The molecular weight excluding hydrogens is 505 g/mol. The molecule has 2 N–H and O–H groups in total. The number of benzene rings is 2. The highest BCUT2D eigenvalue weighted by molar-refractivity contribution is 6.31. The summed E-state index contributed by atoms with van der Waals surface area (Å²) in [6.07, 6.45) is -3.78. The number of nitrogens with zero attached hydrogens (tertiary/aromatic N) is 1. The average molecular weight is 537 g/mol. The molecule has 37 heavy (non-hydrogen) atoms. The Morgan fingerprint density at radius 3 is 2.27 bits per heavy atom. The summed E-state index contributed by atoms with van der Waals surface area (Å²) in [5.41, 5.74) is 3.30. The van der Waals surface area contributed by atoms with Crippen molar-refractivity contribution in [1.82, 2.24) is 4.98 Å². The number of hydrogen-bond acceptors (Lipinski definition) is 4. The number of alkyl halides is 3. The third kappa shape index (κ3) is 6.66. The Kier molecular flexibility index (Phi) is 8.03. The number of aromatic nitrogens is 1. The van der Waals surface area contributed by atoms with Gasteiger partial charge in [-0.25, -0.2) is 4.79 Å². The van der Waals surface area contributed by atoms with E-state index in [0.717, 1.165) is 0 Å². The molecule has 2 aromatic carbocycles. The summed E-state index contributed by atoms with van der Waals surface area (Å²) in [6, 6.07) is 9.41. The Balaban J connectivity index is 2.23. The number of rotatable bonds is 7. The lowest BCUT2D eigenvalue weighted by atomic mass is 9.79. The minimum absolute atomic E-state index is 0.00222. The fourth-order valence-electron chi connectivity index (χ4n) is 4.79. The molecule has 9 heteroatoms. The minimum atomic E-state index is -4.69. The highest BCUT2D eigenvalue weighted by Gasteiger charge is 2.42. The van der Waals surface area contributed by atoms with E-state index in [1.165, 1.54) is 18.3 Å². The van der Waals surface area contributed by atoms with E-state index in [2.05, 4.69) is 4.98 Å². The van der Waals surface area contributed by atoms with Crippen LogP contribution in [-0.2, 0) is 16.3 Å². The highest BCUT2D eigenvalue weighted by atomic mass is 35.5.